The Balaban J connectivity index is 1.99. The molecule has 0 unspecified atom stereocenters. The highest BCUT2D eigenvalue weighted by Crippen LogP contribution is 2.25. The number of para-hydroxylation sites is 1. The summed E-state index contributed by atoms with van der Waals surface area (Å²) in [6.45, 7) is -0.0751. The van der Waals surface area contributed by atoms with Crippen LogP contribution in [0.2, 0.25) is 0 Å². The Morgan fingerprint density at radius 1 is 1.17 bits per heavy atom. The van der Waals surface area contributed by atoms with Gasteiger partial charge in [-0.1, -0.05) is 18.2 Å². The second-order valence-electron chi connectivity index (χ2n) is 4.89. The Hall–Kier alpha value is -2.64. The van der Waals surface area contributed by atoms with Crippen molar-refractivity contribution in [1.29, 1.82) is 0 Å². The number of benzene rings is 1. The summed E-state index contributed by atoms with van der Waals surface area (Å²) in [4.78, 5) is 15.4. The minimum absolute atomic E-state index is 0.0409. The summed E-state index contributed by atoms with van der Waals surface area (Å²) in [6.07, 6.45) is -4.81. The van der Waals surface area contributed by atoms with E-state index < -0.39 is 30.7 Å². The standard InChI is InChI=1S/C16H14F4N2O2/c17-12-5-1-2-6-13(12)24-15-11(4-3-9-21-15)10-22-14(23)7-8-16(18,19)20/h1-6,9H,7-8,10H2,(H,22,23). The lowest BCUT2D eigenvalue weighted by Gasteiger charge is -2.11. The number of amides is 1. The number of carbonyl (C=O) groups excluding carboxylic acids is 1. The molecular formula is C16H14F4N2O2. The van der Waals surface area contributed by atoms with Crippen LogP contribution in [-0.4, -0.2) is 17.1 Å². The van der Waals surface area contributed by atoms with Crippen LogP contribution in [0.1, 0.15) is 18.4 Å². The molecule has 0 bridgehead atoms. The minimum Gasteiger partial charge on any atom is -0.436 e. The van der Waals surface area contributed by atoms with Gasteiger partial charge in [-0.25, -0.2) is 9.37 Å². The fourth-order valence-corrected chi connectivity index (χ4v) is 1.82. The number of alkyl halides is 3. The monoisotopic (exact) mass is 342 g/mol. The zero-order valence-electron chi connectivity index (χ0n) is 12.4. The first-order valence-corrected chi connectivity index (χ1v) is 7.05. The Kier molecular flexibility index (Phi) is 5.73. The molecule has 1 heterocycles. The van der Waals surface area contributed by atoms with E-state index in [-0.39, 0.29) is 18.2 Å². The van der Waals surface area contributed by atoms with Crippen molar-refractivity contribution in [2.75, 3.05) is 0 Å². The van der Waals surface area contributed by atoms with Crippen molar-refractivity contribution in [1.82, 2.24) is 10.3 Å². The Morgan fingerprint density at radius 2 is 1.92 bits per heavy atom. The van der Waals surface area contributed by atoms with Crippen LogP contribution in [0.3, 0.4) is 0 Å². The van der Waals surface area contributed by atoms with Crippen LogP contribution in [0.5, 0.6) is 11.6 Å². The third kappa shape index (κ3) is 5.53. The normalized spacial score (nSPS) is 11.2. The van der Waals surface area contributed by atoms with Crippen LogP contribution < -0.4 is 10.1 Å². The molecule has 1 amide bonds. The van der Waals surface area contributed by atoms with Gasteiger partial charge in [-0.05, 0) is 18.2 Å². The lowest BCUT2D eigenvalue weighted by molar-refractivity contribution is -0.144. The predicted octanol–water partition coefficient (Wildman–Crippen LogP) is 3.97. The summed E-state index contributed by atoms with van der Waals surface area (Å²) < 4.78 is 55.2. The van der Waals surface area contributed by atoms with Gasteiger partial charge in [-0.2, -0.15) is 13.2 Å². The van der Waals surface area contributed by atoms with Gasteiger partial charge < -0.3 is 10.1 Å². The maximum atomic E-state index is 13.6. The van der Waals surface area contributed by atoms with Crippen LogP contribution in [0.25, 0.3) is 0 Å². The highest BCUT2D eigenvalue weighted by Gasteiger charge is 2.27. The lowest BCUT2D eigenvalue weighted by atomic mass is 10.2. The number of aromatic nitrogens is 1. The molecule has 0 fully saturated rings. The number of hydrogen-bond donors (Lipinski definition) is 1. The first-order chi connectivity index (χ1) is 11.3. The van der Waals surface area contributed by atoms with Crippen molar-refractivity contribution >= 4 is 5.91 Å². The first-order valence-electron chi connectivity index (χ1n) is 7.05. The van der Waals surface area contributed by atoms with Gasteiger partial charge in [0.15, 0.2) is 11.6 Å². The largest absolute Gasteiger partial charge is 0.436 e. The maximum absolute atomic E-state index is 13.6. The van der Waals surface area contributed by atoms with Crippen molar-refractivity contribution in [3.8, 4) is 11.6 Å². The minimum atomic E-state index is -4.38. The van der Waals surface area contributed by atoms with Crippen LogP contribution in [-0.2, 0) is 11.3 Å². The summed E-state index contributed by atoms with van der Waals surface area (Å²) in [5.41, 5.74) is 0.418. The first kappa shape index (κ1) is 17.7. The molecular weight excluding hydrogens is 328 g/mol. The number of nitrogens with zero attached hydrogens (tertiary/aromatic N) is 1. The summed E-state index contributed by atoms with van der Waals surface area (Å²) in [7, 11) is 0. The number of nitrogens with one attached hydrogen (secondary N) is 1. The molecule has 4 nitrogen and oxygen atoms in total. The van der Waals surface area contributed by atoms with Crippen molar-refractivity contribution < 1.29 is 27.1 Å². The van der Waals surface area contributed by atoms with Gasteiger partial charge >= 0.3 is 6.18 Å². The zero-order chi connectivity index (χ0) is 17.6. The molecule has 0 saturated carbocycles. The number of ether oxygens (including phenoxy) is 1. The zero-order valence-corrected chi connectivity index (χ0v) is 12.4. The van der Waals surface area contributed by atoms with Gasteiger partial charge in [0.05, 0.1) is 6.42 Å². The van der Waals surface area contributed by atoms with E-state index in [0.29, 0.717) is 5.56 Å². The topological polar surface area (TPSA) is 51.2 Å². The average Bonchev–Trinajstić information content (AvgIpc) is 2.53. The molecule has 8 heteroatoms. The van der Waals surface area contributed by atoms with E-state index in [2.05, 4.69) is 10.3 Å². The molecule has 0 saturated heterocycles. The highest BCUT2D eigenvalue weighted by atomic mass is 19.4. The third-order valence-corrected chi connectivity index (χ3v) is 3.00. The third-order valence-electron chi connectivity index (χ3n) is 3.00. The van der Waals surface area contributed by atoms with Crippen molar-refractivity contribution in [2.45, 2.75) is 25.6 Å². The summed E-state index contributed by atoms with van der Waals surface area (Å²) >= 11 is 0. The molecule has 2 rings (SSSR count). The Morgan fingerprint density at radius 3 is 2.62 bits per heavy atom. The number of pyridine rings is 1. The summed E-state index contributed by atoms with van der Waals surface area (Å²) in [6, 6.07) is 8.87. The lowest BCUT2D eigenvalue weighted by Crippen LogP contribution is -2.24. The van der Waals surface area contributed by atoms with Gasteiger partial charge in [-0.15, -0.1) is 0 Å². The second kappa shape index (κ2) is 7.76. The van der Waals surface area contributed by atoms with Gasteiger partial charge in [0.1, 0.15) is 0 Å². The highest BCUT2D eigenvalue weighted by molar-refractivity contribution is 5.75. The van der Waals surface area contributed by atoms with Crippen LogP contribution in [0, 0.1) is 5.82 Å². The van der Waals surface area contributed by atoms with Crippen molar-refractivity contribution in [2.24, 2.45) is 0 Å². The van der Waals surface area contributed by atoms with Gasteiger partial charge in [-0.3, -0.25) is 4.79 Å². The summed E-state index contributed by atoms with van der Waals surface area (Å²) in [5.74, 6) is -1.30. The molecule has 128 valence electrons. The van der Waals surface area contributed by atoms with Gasteiger partial charge in [0, 0.05) is 24.7 Å². The van der Waals surface area contributed by atoms with Gasteiger partial charge in [0.25, 0.3) is 0 Å². The van der Waals surface area contributed by atoms with E-state index in [1.807, 2.05) is 0 Å². The molecule has 0 radical (unpaired) electrons. The number of rotatable bonds is 6. The number of halogens is 4. The predicted molar refractivity (Wildman–Crippen MR) is 77.8 cm³/mol. The quantitative estimate of drug-likeness (QED) is 0.808. The molecule has 0 aliphatic rings. The molecule has 1 aromatic carbocycles. The SMILES string of the molecule is O=C(CCC(F)(F)F)NCc1cccnc1Oc1ccccc1F. The van der Waals surface area contributed by atoms with Crippen molar-refractivity contribution in [3.63, 3.8) is 0 Å². The molecule has 0 aliphatic heterocycles. The average molecular weight is 342 g/mol. The smallest absolute Gasteiger partial charge is 0.389 e. The van der Waals surface area contributed by atoms with E-state index in [0.717, 1.165) is 0 Å². The van der Waals surface area contributed by atoms with E-state index in [9.17, 15) is 22.4 Å². The fraction of sp³-hybridized carbons (Fsp3) is 0.250. The summed E-state index contributed by atoms with van der Waals surface area (Å²) in [5, 5.41) is 2.36. The number of carbonyl (C=O) groups is 1. The van der Waals surface area contributed by atoms with Gasteiger partial charge in [0.2, 0.25) is 11.8 Å². The van der Waals surface area contributed by atoms with E-state index in [1.165, 1.54) is 24.4 Å². The van der Waals surface area contributed by atoms with Crippen LogP contribution in [0.15, 0.2) is 42.6 Å². The number of hydrogen-bond acceptors (Lipinski definition) is 3. The molecule has 1 N–H and O–H groups in total. The molecule has 0 spiro atoms. The Bertz CT molecular complexity index is 704. The van der Waals surface area contributed by atoms with Crippen LogP contribution in [0.4, 0.5) is 17.6 Å². The van der Waals surface area contributed by atoms with E-state index >= 15 is 0 Å². The van der Waals surface area contributed by atoms with E-state index in [1.54, 1.807) is 18.2 Å². The molecule has 0 aliphatic carbocycles. The van der Waals surface area contributed by atoms with E-state index in [4.69, 9.17) is 4.74 Å². The fourth-order valence-electron chi connectivity index (χ4n) is 1.82. The maximum Gasteiger partial charge on any atom is 0.389 e. The molecule has 24 heavy (non-hydrogen) atoms. The Labute approximate surface area is 135 Å². The van der Waals surface area contributed by atoms with Crippen molar-refractivity contribution in [3.05, 3.63) is 54.0 Å². The van der Waals surface area contributed by atoms with Crippen LogP contribution >= 0.6 is 0 Å². The second-order valence-corrected chi connectivity index (χ2v) is 4.89. The molecule has 1 aromatic heterocycles. The molecule has 2 aromatic rings. The molecule has 0 atom stereocenters.